The number of fused-ring (bicyclic) bond motifs is 1. The maximum absolute atomic E-state index is 13.0. The maximum atomic E-state index is 13.0. The first kappa shape index (κ1) is 18.9. The summed E-state index contributed by atoms with van der Waals surface area (Å²) in [7, 11) is 0. The van der Waals surface area contributed by atoms with Crippen molar-refractivity contribution in [3.8, 4) is 0 Å². The van der Waals surface area contributed by atoms with Crippen molar-refractivity contribution in [2.75, 3.05) is 19.6 Å². The molecule has 0 aromatic carbocycles. The van der Waals surface area contributed by atoms with Gasteiger partial charge in [0.05, 0.1) is 12.6 Å². The summed E-state index contributed by atoms with van der Waals surface area (Å²) in [6.45, 7) is 6.40. The summed E-state index contributed by atoms with van der Waals surface area (Å²) in [5, 5.41) is 12.1. The largest absolute Gasteiger partial charge is 0.365 e. The predicted octanol–water partition coefficient (Wildman–Crippen LogP) is 2.22. The lowest BCUT2D eigenvalue weighted by Gasteiger charge is -2.35. The Morgan fingerprint density at radius 1 is 1.15 bits per heavy atom. The summed E-state index contributed by atoms with van der Waals surface area (Å²) in [4.78, 5) is 15.0. The Morgan fingerprint density at radius 2 is 1.93 bits per heavy atom. The maximum Gasteiger partial charge on any atom is 0.251 e. The molecular weight excluding hydrogens is 342 g/mol. The number of amides is 1. The SMILES string of the molecule is CCC(OC1CCCCC1)C(=O)N1CCC(c2nnc3n2CCNC3)CC1. The van der Waals surface area contributed by atoms with Crippen molar-refractivity contribution in [3.05, 3.63) is 11.6 Å². The molecule has 3 heterocycles. The van der Waals surface area contributed by atoms with E-state index < -0.39 is 0 Å². The van der Waals surface area contributed by atoms with Gasteiger partial charge < -0.3 is 19.5 Å². The number of likely N-dealkylation sites (tertiary alicyclic amines) is 1. The first-order valence-corrected chi connectivity index (χ1v) is 10.8. The molecule has 1 atom stereocenters. The molecule has 1 N–H and O–H groups in total. The summed E-state index contributed by atoms with van der Waals surface area (Å²) < 4.78 is 8.48. The van der Waals surface area contributed by atoms with Crippen molar-refractivity contribution in [3.63, 3.8) is 0 Å². The van der Waals surface area contributed by atoms with E-state index in [-0.39, 0.29) is 18.1 Å². The number of rotatable bonds is 5. The monoisotopic (exact) mass is 375 g/mol. The van der Waals surface area contributed by atoms with Gasteiger partial charge in [0.15, 0.2) is 0 Å². The van der Waals surface area contributed by atoms with E-state index in [1.54, 1.807) is 0 Å². The number of hydrogen-bond donors (Lipinski definition) is 1. The highest BCUT2D eigenvalue weighted by molar-refractivity contribution is 5.81. The highest BCUT2D eigenvalue weighted by Crippen LogP contribution is 2.29. The van der Waals surface area contributed by atoms with Gasteiger partial charge in [-0.15, -0.1) is 10.2 Å². The van der Waals surface area contributed by atoms with Crippen LogP contribution in [-0.2, 0) is 22.6 Å². The molecule has 1 aromatic heterocycles. The minimum atomic E-state index is -0.267. The fourth-order valence-electron chi connectivity index (χ4n) is 4.74. The third-order valence-corrected chi connectivity index (χ3v) is 6.38. The molecule has 1 aromatic rings. The zero-order chi connectivity index (χ0) is 18.6. The molecule has 2 fully saturated rings. The van der Waals surface area contributed by atoms with Crippen LogP contribution in [-0.4, -0.2) is 57.4 Å². The number of ether oxygens (including phenoxy) is 1. The second kappa shape index (κ2) is 8.69. The first-order valence-electron chi connectivity index (χ1n) is 10.8. The zero-order valence-electron chi connectivity index (χ0n) is 16.5. The molecule has 1 amide bonds. The van der Waals surface area contributed by atoms with Gasteiger partial charge in [-0.2, -0.15) is 0 Å². The molecule has 2 aliphatic heterocycles. The van der Waals surface area contributed by atoms with Gasteiger partial charge in [-0.3, -0.25) is 4.79 Å². The lowest BCUT2D eigenvalue weighted by molar-refractivity contribution is -0.150. The minimum Gasteiger partial charge on any atom is -0.365 e. The molecule has 7 heteroatoms. The van der Waals surface area contributed by atoms with Crippen molar-refractivity contribution in [1.29, 1.82) is 0 Å². The summed E-state index contributed by atoms with van der Waals surface area (Å²) in [6, 6.07) is 0. The molecule has 1 aliphatic carbocycles. The smallest absolute Gasteiger partial charge is 0.251 e. The van der Waals surface area contributed by atoms with Crippen LogP contribution in [0.15, 0.2) is 0 Å². The fourth-order valence-corrected chi connectivity index (χ4v) is 4.74. The van der Waals surface area contributed by atoms with Gasteiger partial charge >= 0.3 is 0 Å². The Labute approximate surface area is 161 Å². The molecule has 1 saturated heterocycles. The molecule has 27 heavy (non-hydrogen) atoms. The highest BCUT2D eigenvalue weighted by atomic mass is 16.5. The van der Waals surface area contributed by atoms with Crippen LogP contribution in [0.4, 0.5) is 0 Å². The molecule has 150 valence electrons. The van der Waals surface area contributed by atoms with Crippen LogP contribution >= 0.6 is 0 Å². The molecule has 1 saturated carbocycles. The Kier molecular flexibility index (Phi) is 6.08. The van der Waals surface area contributed by atoms with Crippen LogP contribution in [0.1, 0.15) is 75.9 Å². The van der Waals surface area contributed by atoms with Crippen LogP contribution in [0.2, 0.25) is 0 Å². The number of nitrogens with one attached hydrogen (secondary N) is 1. The molecular formula is C20H33N5O2. The van der Waals surface area contributed by atoms with Gasteiger partial charge in [0, 0.05) is 32.1 Å². The number of carbonyl (C=O) groups excluding carboxylic acids is 1. The van der Waals surface area contributed by atoms with Crippen LogP contribution in [0.5, 0.6) is 0 Å². The topological polar surface area (TPSA) is 72.3 Å². The third-order valence-electron chi connectivity index (χ3n) is 6.38. The van der Waals surface area contributed by atoms with Crippen molar-refractivity contribution in [2.24, 2.45) is 0 Å². The second-order valence-electron chi connectivity index (χ2n) is 8.20. The van der Waals surface area contributed by atoms with Crippen molar-refractivity contribution >= 4 is 5.91 Å². The minimum absolute atomic E-state index is 0.189. The Morgan fingerprint density at radius 3 is 2.67 bits per heavy atom. The Bertz CT molecular complexity index is 632. The van der Waals surface area contributed by atoms with Gasteiger partial charge in [0.25, 0.3) is 5.91 Å². The van der Waals surface area contributed by atoms with E-state index in [9.17, 15) is 4.79 Å². The molecule has 4 rings (SSSR count). The average molecular weight is 376 g/mol. The van der Waals surface area contributed by atoms with Crippen molar-refractivity contribution < 1.29 is 9.53 Å². The molecule has 7 nitrogen and oxygen atoms in total. The van der Waals surface area contributed by atoms with Gasteiger partial charge in [-0.1, -0.05) is 26.2 Å². The van der Waals surface area contributed by atoms with Crippen LogP contribution in [0.3, 0.4) is 0 Å². The molecule has 1 unspecified atom stereocenters. The average Bonchev–Trinajstić information content (AvgIpc) is 3.16. The lowest BCUT2D eigenvalue weighted by Crippen LogP contribution is -2.45. The van der Waals surface area contributed by atoms with Crippen LogP contribution in [0.25, 0.3) is 0 Å². The van der Waals surface area contributed by atoms with Crippen LogP contribution in [0, 0.1) is 0 Å². The number of carbonyl (C=O) groups is 1. The van der Waals surface area contributed by atoms with E-state index in [4.69, 9.17) is 4.74 Å². The fraction of sp³-hybridized carbons (Fsp3) is 0.850. The summed E-state index contributed by atoms with van der Waals surface area (Å²) in [5.41, 5.74) is 0. The Balaban J connectivity index is 1.32. The van der Waals surface area contributed by atoms with E-state index in [1.165, 1.54) is 19.3 Å². The summed E-state index contributed by atoms with van der Waals surface area (Å²) >= 11 is 0. The van der Waals surface area contributed by atoms with Gasteiger partial charge in [0.1, 0.15) is 17.8 Å². The van der Waals surface area contributed by atoms with E-state index in [0.29, 0.717) is 5.92 Å². The quantitative estimate of drug-likeness (QED) is 0.854. The normalized spacial score (nSPS) is 23.2. The van der Waals surface area contributed by atoms with Crippen molar-refractivity contribution in [1.82, 2.24) is 25.0 Å². The van der Waals surface area contributed by atoms with E-state index in [0.717, 1.165) is 76.5 Å². The van der Waals surface area contributed by atoms with Crippen molar-refractivity contribution in [2.45, 2.75) is 89.5 Å². The van der Waals surface area contributed by atoms with Crippen LogP contribution < -0.4 is 5.32 Å². The van der Waals surface area contributed by atoms with Gasteiger partial charge in [-0.25, -0.2) is 0 Å². The molecule has 0 spiro atoms. The standard InChI is InChI=1S/C20H33N5O2/c1-2-17(27-16-6-4-3-5-7-16)20(26)24-11-8-15(9-12-24)19-23-22-18-14-21-10-13-25(18)19/h15-17,21H,2-14H2,1H3. The first-order chi connectivity index (χ1) is 13.3. The molecule has 3 aliphatic rings. The van der Waals surface area contributed by atoms with Gasteiger partial charge in [0.2, 0.25) is 0 Å². The number of piperidine rings is 1. The third kappa shape index (κ3) is 4.19. The molecule has 0 bridgehead atoms. The number of nitrogens with zero attached hydrogens (tertiary/aromatic N) is 4. The second-order valence-corrected chi connectivity index (χ2v) is 8.20. The Hall–Kier alpha value is -1.47. The predicted molar refractivity (Wildman–Crippen MR) is 102 cm³/mol. The zero-order valence-corrected chi connectivity index (χ0v) is 16.5. The molecule has 0 radical (unpaired) electrons. The van der Waals surface area contributed by atoms with E-state index in [1.807, 2.05) is 4.90 Å². The number of aromatic nitrogens is 3. The summed E-state index contributed by atoms with van der Waals surface area (Å²) in [5.74, 6) is 2.76. The number of hydrogen-bond acceptors (Lipinski definition) is 5. The summed E-state index contributed by atoms with van der Waals surface area (Å²) in [6.07, 6.45) is 8.71. The van der Waals surface area contributed by atoms with E-state index in [2.05, 4.69) is 27.0 Å². The highest BCUT2D eigenvalue weighted by Gasteiger charge is 2.32. The lowest BCUT2D eigenvalue weighted by atomic mass is 9.95. The van der Waals surface area contributed by atoms with E-state index >= 15 is 0 Å². The van der Waals surface area contributed by atoms with Gasteiger partial charge in [-0.05, 0) is 32.1 Å².